The Balaban J connectivity index is 2.17. The molecule has 2 rings (SSSR count). The molecule has 7 nitrogen and oxygen atoms in total. The van der Waals surface area contributed by atoms with E-state index in [1.165, 1.54) is 6.20 Å². The number of nitrogens with one attached hydrogen (secondary N) is 1. The number of halogens is 1. The summed E-state index contributed by atoms with van der Waals surface area (Å²) in [6.07, 6.45) is 3.10. The molecule has 0 unspecified atom stereocenters. The number of anilines is 1. The van der Waals surface area contributed by atoms with Crippen LogP contribution in [0.15, 0.2) is 22.9 Å². The fourth-order valence-electron chi connectivity index (χ4n) is 1.61. The van der Waals surface area contributed by atoms with Crippen LogP contribution >= 0.6 is 15.9 Å². The first-order chi connectivity index (χ1) is 8.99. The van der Waals surface area contributed by atoms with Crippen LogP contribution < -0.4 is 5.32 Å². The number of hydrogen-bond acceptors (Lipinski definition) is 5. The van der Waals surface area contributed by atoms with Gasteiger partial charge in [0.15, 0.2) is 0 Å². The van der Waals surface area contributed by atoms with E-state index in [1.807, 2.05) is 19.3 Å². The van der Waals surface area contributed by atoms with Crippen molar-refractivity contribution in [1.29, 1.82) is 0 Å². The molecule has 0 aliphatic carbocycles. The van der Waals surface area contributed by atoms with Crippen molar-refractivity contribution in [3.05, 3.63) is 44.3 Å². The number of rotatable bonds is 4. The molecular weight excluding hydrogens is 314 g/mol. The van der Waals surface area contributed by atoms with Crippen molar-refractivity contribution >= 4 is 27.4 Å². The van der Waals surface area contributed by atoms with Gasteiger partial charge in [-0.15, -0.1) is 0 Å². The molecular formula is C11H12BrN5O2. The van der Waals surface area contributed by atoms with Crippen LogP contribution in [0.1, 0.15) is 11.3 Å². The first-order valence-electron chi connectivity index (χ1n) is 5.51. The fourth-order valence-corrected chi connectivity index (χ4v) is 2.05. The zero-order valence-electron chi connectivity index (χ0n) is 10.4. The maximum absolute atomic E-state index is 10.8. The fraction of sp³-hybridized carbons (Fsp3) is 0.273. The van der Waals surface area contributed by atoms with Crippen LogP contribution in [0.5, 0.6) is 0 Å². The van der Waals surface area contributed by atoms with Gasteiger partial charge in [0.1, 0.15) is 12.0 Å². The Kier molecular flexibility index (Phi) is 3.79. The molecule has 2 aromatic rings. The highest BCUT2D eigenvalue weighted by Crippen LogP contribution is 2.30. The lowest BCUT2D eigenvalue weighted by Gasteiger charge is -2.08. The topological polar surface area (TPSA) is 85.9 Å². The lowest BCUT2D eigenvalue weighted by molar-refractivity contribution is -0.385. The minimum Gasteiger partial charge on any atom is -0.363 e. The molecule has 1 N–H and O–H groups in total. The van der Waals surface area contributed by atoms with Crippen molar-refractivity contribution in [2.75, 3.05) is 5.32 Å². The number of aryl methyl sites for hydroxylation is 1. The molecule has 0 amide bonds. The smallest absolute Gasteiger partial charge is 0.291 e. The van der Waals surface area contributed by atoms with Crippen molar-refractivity contribution in [2.24, 2.45) is 7.05 Å². The second kappa shape index (κ2) is 5.35. The van der Waals surface area contributed by atoms with Gasteiger partial charge < -0.3 is 5.32 Å². The van der Waals surface area contributed by atoms with Crippen LogP contribution in [0, 0.1) is 17.0 Å². The number of nitrogens with zero attached hydrogens (tertiary/aromatic N) is 4. The molecule has 0 aromatic carbocycles. The lowest BCUT2D eigenvalue weighted by atomic mass is 10.2. The summed E-state index contributed by atoms with van der Waals surface area (Å²) in [4.78, 5) is 14.4. The van der Waals surface area contributed by atoms with E-state index in [-0.39, 0.29) is 5.69 Å². The standard InChI is InChI=1S/C11H12BrN5O2/c1-7-9(17(18)19)6-14-11(10(7)12)13-5-8-3-4-16(2)15-8/h3-4,6H,5H2,1-2H3,(H,13,14). The average molecular weight is 326 g/mol. The van der Waals surface area contributed by atoms with Crippen LogP contribution in [0.25, 0.3) is 0 Å². The largest absolute Gasteiger partial charge is 0.363 e. The van der Waals surface area contributed by atoms with E-state index in [4.69, 9.17) is 0 Å². The molecule has 0 atom stereocenters. The lowest BCUT2D eigenvalue weighted by Crippen LogP contribution is -2.05. The van der Waals surface area contributed by atoms with E-state index >= 15 is 0 Å². The number of pyridine rings is 1. The molecule has 0 aliphatic rings. The molecule has 2 aromatic heterocycles. The van der Waals surface area contributed by atoms with Gasteiger partial charge in [-0.3, -0.25) is 14.8 Å². The van der Waals surface area contributed by atoms with Crippen LogP contribution in [0.2, 0.25) is 0 Å². The Morgan fingerprint density at radius 1 is 1.58 bits per heavy atom. The number of nitro groups is 1. The van der Waals surface area contributed by atoms with Gasteiger partial charge in [0, 0.05) is 18.8 Å². The summed E-state index contributed by atoms with van der Waals surface area (Å²) in [5, 5.41) is 18.1. The predicted molar refractivity (Wildman–Crippen MR) is 73.9 cm³/mol. The van der Waals surface area contributed by atoms with E-state index in [1.54, 1.807) is 11.6 Å². The summed E-state index contributed by atoms with van der Waals surface area (Å²) in [6.45, 7) is 2.18. The summed E-state index contributed by atoms with van der Waals surface area (Å²) in [6, 6.07) is 1.89. The molecule has 0 aliphatic heterocycles. The third kappa shape index (κ3) is 2.90. The summed E-state index contributed by atoms with van der Waals surface area (Å²) >= 11 is 3.32. The van der Waals surface area contributed by atoms with Crippen LogP contribution in [-0.2, 0) is 13.6 Å². The summed E-state index contributed by atoms with van der Waals surface area (Å²) < 4.78 is 2.30. The van der Waals surface area contributed by atoms with Crippen molar-refractivity contribution in [2.45, 2.75) is 13.5 Å². The Hall–Kier alpha value is -1.96. The highest BCUT2D eigenvalue weighted by molar-refractivity contribution is 9.10. The zero-order valence-corrected chi connectivity index (χ0v) is 12.0. The Bertz CT molecular complexity index is 626. The minimum atomic E-state index is -0.449. The highest BCUT2D eigenvalue weighted by atomic mass is 79.9. The summed E-state index contributed by atoms with van der Waals surface area (Å²) in [5.41, 5.74) is 1.41. The van der Waals surface area contributed by atoms with Gasteiger partial charge in [-0.1, -0.05) is 0 Å². The van der Waals surface area contributed by atoms with Gasteiger partial charge in [0.05, 0.1) is 21.6 Å². The molecule has 8 heteroatoms. The first-order valence-corrected chi connectivity index (χ1v) is 6.30. The second-order valence-electron chi connectivity index (χ2n) is 4.02. The first kappa shape index (κ1) is 13.5. The van der Waals surface area contributed by atoms with E-state index in [2.05, 4.69) is 31.3 Å². The van der Waals surface area contributed by atoms with Crippen molar-refractivity contribution in [1.82, 2.24) is 14.8 Å². The minimum absolute atomic E-state index is 0.00439. The summed E-state index contributed by atoms with van der Waals surface area (Å²) in [7, 11) is 1.84. The third-order valence-corrected chi connectivity index (χ3v) is 3.61. The van der Waals surface area contributed by atoms with Crippen molar-refractivity contribution in [3.8, 4) is 0 Å². The molecule has 0 saturated carbocycles. The quantitative estimate of drug-likeness (QED) is 0.689. The van der Waals surface area contributed by atoms with Gasteiger partial charge in [-0.05, 0) is 28.9 Å². The van der Waals surface area contributed by atoms with Gasteiger partial charge in [0.2, 0.25) is 0 Å². The predicted octanol–water partition coefficient (Wildman–Crippen LogP) is 2.41. The van der Waals surface area contributed by atoms with E-state index in [0.29, 0.717) is 22.4 Å². The van der Waals surface area contributed by atoms with Gasteiger partial charge in [-0.25, -0.2) is 4.98 Å². The maximum Gasteiger partial charge on any atom is 0.291 e. The van der Waals surface area contributed by atoms with Gasteiger partial charge in [0.25, 0.3) is 5.69 Å². The van der Waals surface area contributed by atoms with Crippen LogP contribution in [-0.4, -0.2) is 19.7 Å². The van der Waals surface area contributed by atoms with E-state index < -0.39 is 4.92 Å². The van der Waals surface area contributed by atoms with Gasteiger partial charge in [-0.2, -0.15) is 5.10 Å². The molecule has 0 bridgehead atoms. The average Bonchev–Trinajstić information content (AvgIpc) is 2.76. The molecule has 19 heavy (non-hydrogen) atoms. The zero-order chi connectivity index (χ0) is 14.0. The highest BCUT2D eigenvalue weighted by Gasteiger charge is 2.17. The molecule has 2 heterocycles. The monoisotopic (exact) mass is 325 g/mol. The summed E-state index contributed by atoms with van der Waals surface area (Å²) in [5.74, 6) is 0.564. The third-order valence-electron chi connectivity index (χ3n) is 2.64. The Morgan fingerprint density at radius 3 is 2.89 bits per heavy atom. The molecule has 0 fully saturated rings. The molecule has 0 radical (unpaired) electrons. The second-order valence-corrected chi connectivity index (χ2v) is 4.82. The molecule has 0 saturated heterocycles. The van der Waals surface area contributed by atoms with E-state index in [9.17, 15) is 10.1 Å². The number of hydrogen-bond donors (Lipinski definition) is 1. The van der Waals surface area contributed by atoms with Crippen LogP contribution in [0.3, 0.4) is 0 Å². The molecule has 100 valence electrons. The van der Waals surface area contributed by atoms with Crippen molar-refractivity contribution in [3.63, 3.8) is 0 Å². The Labute approximate surface area is 117 Å². The van der Waals surface area contributed by atoms with Crippen molar-refractivity contribution < 1.29 is 4.92 Å². The van der Waals surface area contributed by atoms with E-state index in [0.717, 1.165) is 5.69 Å². The van der Waals surface area contributed by atoms with Gasteiger partial charge >= 0.3 is 0 Å². The van der Waals surface area contributed by atoms with Crippen LogP contribution in [0.4, 0.5) is 11.5 Å². The Morgan fingerprint density at radius 2 is 2.32 bits per heavy atom. The maximum atomic E-state index is 10.8. The SMILES string of the molecule is Cc1c([N+](=O)[O-])cnc(NCc2ccn(C)n2)c1Br. The normalized spacial score (nSPS) is 10.5. The number of aromatic nitrogens is 3. The molecule has 0 spiro atoms.